The lowest BCUT2D eigenvalue weighted by Gasteiger charge is -2.35. The van der Waals surface area contributed by atoms with Crippen LogP contribution in [-0.2, 0) is 14.8 Å². The van der Waals surface area contributed by atoms with Gasteiger partial charge in [0.25, 0.3) is 0 Å². The third-order valence-corrected chi connectivity index (χ3v) is 5.81. The number of hydrogen-bond acceptors (Lipinski definition) is 4. The summed E-state index contributed by atoms with van der Waals surface area (Å²) in [6.07, 6.45) is 0.903. The van der Waals surface area contributed by atoms with Crippen molar-refractivity contribution < 1.29 is 18.3 Å². The molecule has 1 heterocycles. The molecule has 20 heavy (non-hydrogen) atoms. The molecule has 1 aliphatic rings. The topological polar surface area (TPSA) is 66.8 Å². The van der Waals surface area contributed by atoms with Crippen LogP contribution in [0.25, 0.3) is 0 Å². The Bertz CT molecular complexity index is 552. The third-order valence-electron chi connectivity index (χ3n) is 3.46. The fraction of sp³-hybridized carbons (Fsp3) is 0.538. The number of ether oxygens (including phenoxy) is 1. The van der Waals surface area contributed by atoms with Crippen LogP contribution in [0.15, 0.2) is 33.6 Å². The van der Waals surface area contributed by atoms with E-state index in [-0.39, 0.29) is 11.4 Å². The summed E-state index contributed by atoms with van der Waals surface area (Å²) in [4.78, 5) is 0.221. The summed E-state index contributed by atoms with van der Waals surface area (Å²) >= 11 is 3.28. The smallest absolute Gasteiger partial charge is 0.242 e. The third kappa shape index (κ3) is 3.59. The van der Waals surface area contributed by atoms with Gasteiger partial charge < -0.3 is 9.84 Å². The van der Waals surface area contributed by atoms with Crippen molar-refractivity contribution in [3.63, 3.8) is 0 Å². The second-order valence-electron chi connectivity index (χ2n) is 5.05. The van der Waals surface area contributed by atoms with E-state index in [9.17, 15) is 13.5 Å². The first-order valence-corrected chi connectivity index (χ1v) is 8.59. The van der Waals surface area contributed by atoms with Gasteiger partial charge in [-0.2, -0.15) is 4.31 Å². The van der Waals surface area contributed by atoms with E-state index in [1.165, 1.54) is 11.4 Å². The molecule has 0 aliphatic carbocycles. The molecule has 0 aromatic heterocycles. The average molecular weight is 364 g/mol. The maximum Gasteiger partial charge on any atom is 0.242 e. The molecule has 0 radical (unpaired) electrons. The van der Waals surface area contributed by atoms with Crippen LogP contribution in [0, 0.1) is 0 Å². The highest BCUT2D eigenvalue weighted by Crippen LogP contribution is 2.24. The van der Waals surface area contributed by atoms with Crippen molar-refractivity contribution in [3.8, 4) is 0 Å². The standard InChI is InChI=1S/C13H18BrNO4S/c1-15(10-13(16)6-8-19-9-7-13)20(17,18)12-4-2-11(14)3-5-12/h2-5,16H,6-10H2,1H3. The normalized spacial score (nSPS) is 19.2. The largest absolute Gasteiger partial charge is 0.388 e. The summed E-state index contributed by atoms with van der Waals surface area (Å²) in [5.74, 6) is 0. The summed E-state index contributed by atoms with van der Waals surface area (Å²) in [6.45, 7) is 1.00. The van der Waals surface area contributed by atoms with Gasteiger partial charge in [-0.15, -0.1) is 0 Å². The van der Waals surface area contributed by atoms with Gasteiger partial charge in [-0.05, 0) is 24.3 Å². The van der Waals surface area contributed by atoms with Crippen molar-refractivity contribution in [3.05, 3.63) is 28.7 Å². The first kappa shape index (κ1) is 15.9. The number of nitrogens with zero attached hydrogens (tertiary/aromatic N) is 1. The average Bonchev–Trinajstić information content (AvgIpc) is 2.39. The number of sulfonamides is 1. The van der Waals surface area contributed by atoms with Crippen molar-refractivity contribution >= 4 is 26.0 Å². The second-order valence-corrected chi connectivity index (χ2v) is 8.01. The van der Waals surface area contributed by atoms with Crippen molar-refractivity contribution in [1.82, 2.24) is 4.31 Å². The van der Waals surface area contributed by atoms with Crippen LogP contribution in [-0.4, -0.2) is 50.2 Å². The SMILES string of the molecule is CN(CC1(O)CCOCC1)S(=O)(=O)c1ccc(Br)cc1. The summed E-state index contributed by atoms with van der Waals surface area (Å²) in [5.41, 5.74) is -1.00. The zero-order valence-electron chi connectivity index (χ0n) is 11.3. The Kier molecular flexibility index (Phi) is 4.86. The highest BCUT2D eigenvalue weighted by Gasteiger charge is 2.34. The van der Waals surface area contributed by atoms with Gasteiger partial charge >= 0.3 is 0 Å². The van der Waals surface area contributed by atoms with Gasteiger partial charge in [0, 0.05) is 44.1 Å². The molecule has 5 nitrogen and oxygen atoms in total. The number of rotatable bonds is 4. The van der Waals surface area contributed by atoms with Gasteiger partial charge in [0.1, 0.15) is 0 Å². The van der Waals surface area contributed by atoms with Crippen molar-refractivity contribution in [2.24, 2.45) is 0 Å². The first-order valence-electron chi connectivity index (χ1n) is 6.36. The molecule has 1 aromatic carbocycles. The number of aliphatic hydroxyl groups is 1. The molecule has 1 fully saturated rings. The highest BCUT2D eigenvalue weighted by atomic mass is 79.9. The van der Waals surface area contributed by atoms with Gasteiger partial charge in [-0.25, -0.2) is 8.42 Å². The van der Waals surface area contributed by atoms with Gasteiger partial charge in [-0.1, -0.05) is 15.9 Å². The summed E-state index contributed by atoms with van der Waals surface area (Å²) < 4.78 is 32.1. The van der Waals surface area contributed by atoms with E-state index in [2.05, 4.69) is 15.9 Å². The lowest BCUT2D eigenvalue weighted by atomic mass is 9.95. The number of hydrogen-bond donors (Lipinski definition) is 1. The fourth-order valence-corrected chi connectivity index (χ4v) is 3.71. The number of halogens is 1. The van der Waals surface area contributed by atoms with Gasteiger partial charge in [0.05, 0.1) is 10.5 Å². The molecule has 0 spiro atoms. The van der Waals surface area contributed by atoms with E-state index in [1.54, 1.807) is 24.3 Å². The summed E-state index contributed by atoms with van der Waals surface area (Å²) in [7, 11) is -2.09. The van der Waals surface area contributed by atoms with Crippen LogP contribution in [0.3, 0.4) is 0 Å². The maximum absolute atomic E-state index is 12.4. The minimum absolute atomic E-state index is 0.0781. The van der Waals surface area contributed by atoms with Gasteiger partial charge in [0.2, 0.25) is 10.0 Å². The van der Waals surface area contributed by atoms with E-state index in [0.717, 1.165) is 4.47 Å². The summed E-state index contributed by atoms with van der Waals surface area (Å²) in [5, 5.41) is 10.4. The molecular formula is C13H18BrNO4S. The van der Waals surface area contributed by atoms with Crippen LogP contribution in [0.2, 0.25) is 0 Å². The minimum Gasteiger partial charge on any atom is -0.388 e. The molecule has 1 aromatic rings. The number of likely N-dealkylation sites (N-methyl/N-ethyl adjacent to an activating group) is 1. The molecule has 0 amide bonds. The minimum atomic E-state index is -3.58. The molecule has 2 rings (SSSR count). The zero-order valence-corrected chi connectivity index (χ0v) is 13.7. The lowest BCUT2D eigenvalue weighted by Crippen LogP contribution is -2.47. The van der Waals surface area contributed by atoms with Gasteiger partial charge in [-0.3, -0.25) is 0 Å². The van der Waals surface area contributed by atoms with Crippen molar-refractivity contribution in [2.75, 3.05) is 26.8 Å². The van der Waals surface area contributed by atoms with Gasteiger partial charge in [0.15, 0.2) is 0 Å². The zero-order chi connectivity index (χ0) is 14.8. The second kappa shape index (κ2) is 6.11. The van der Waals surface area contributed by atoms with E-state index >= 15 is 0 Å². The monoisotopic (exact) mass is 363 g/mol. The Balaban J connectivity index is 2.14. The summed E-state index contributed by atoms with van der Waals surface area (Å²) in [6, 6.07) is 6.46. The van der Waals surface area contributed by atoms with Crippen LogP contribution in [0.5, 0.6) is 0 Å². The molecule has 112 valence electrons. The molecule has 0 bridgehead atoms. The molecule has 0 atom stereocenters. The highest BCUT2D eigenvalue weighted by molar-refractivity contribution is 9.10. The van der Waals surface area contributed by atoms with Crippen molar-refractivity contribution in [2.45, 2.75) is 23.3 Å². The first-order chi connectivity index (χ1) is 9.33. The van der Waals surface area contributed by atoms with E-state index in [1.807, 2.05) is 0 Å². The van der Waals surface area contributed by atoms with Crippen LogP contribution >= 0.6 is 15.9 Å². The quantitative estimate of drug-likeness (QED) is 0.882. The lowest BCUT2D eigenvalue weighted by molar-refractivity contribution is -0.0689. The van der Waals surface area contributed by atoms with Crippen LogP contribution in [0.1, 0.15) is 12.8 Å². The molecule has 0 unspecified atom stereocenters. The Labute approximate surface area is 127 Å². The molecule has 0 saturated carbocycles. The Morgan fingerprint density at radius 3 is 2.40 bits per heavy atom. The molecule has 7 heteroatoms. The molecule has 1 aliphatic heterocycles. The Morgan fingerprint density at radius 2 is 1.85 bits per heavy atom. The predicted molar refractivity (Wildman–Crippen MR) is 79.0 cm³/mol. The van der Waals surface area contributed by atoms with E-state index in [0.29, 0.717) is 26.1 Å². The molecule has 1 N–H and O–H groups in total. The van der Waals surface area contributed by atoms with Crippen LogP contribution < -0.4 is 0 Å². The predicted octanol–water partition coefficient (Wildman–Crippen LogP) is 1.61. The molecular weight excluding hydrogens is 346 g/mol. The van der Waals surface area contributed by atoms with E-state index in [4.69, 9.17) is 4.74 Å². The maximum atomic E-state index is 12.4. The van der Waals surface area contributed by atoms with Crippen LogP contribution in [0.4, 0.5) is 0 Å². The Hall–Kier alpha value is -0.470. The van der Waals surface area contributed by atoms with E-state index < -0.39 is 15.6 Å². The van der Waals surface area contributed by atoms with Crippen molar-refractivity contribution in [1.29, 1.82) is 0 Å². The molecule has 1 saturated heterocycles. The Morgan fingerprint density at radius 1 is 1.30 bits per heavy atom. The number of benzene rings is 1. The fourth-order valence-electron chi connectivity index (χ4n) is 2.20.